The minimum atomic E-state index is -0.671. The summed E-state index contributed by atoms with van der Waals surface area (Å²) in [5, 5.41) is 11.4. The Bertz CT molecular complexity index is 1150. The van der Waals surface area contributed by atoms with Crippen LogP contribution in [0.5, 0.6) is 5.75 Å². The molecule has 0 aliphatic heterocycles. The first-order chi connectivity index (χ1) is 16.5. The first-order valence-electron chi connectivity index (χ1n) is 11.8. The van der Waals surface area contributed by atoms with Crippen molar-refractivity contribution in [1.29, 1.82) is 0 Å². The summed E-state index contributed by atoms with van der Waals surface area (Å²) in [6.45, 7) is 2.54. The summed E-state index contributed by atoms with van der Waals surface area (Å²) in [4.78, 5) is 25.6. The average Bonchev–Trinajstić information content (AvgIpc) is 3.34. The lowest BCUT2D eigenvalue weighted by Crippen LogP contribution is -2.32. The van der Waals surface area contributed by atoms with E-state index < -0.39 is 22.9 Å². The van der Waals surface area contributed by atoms with E-state index >= 15 is 0 Å². The number of aliphatic hydroxyl groups is 1. The Morgan fingerprint density at radius 3 is 2.32 bits per heavy atom. The summed E-state index contributed by atoms with van der Waals surface area (Å²) in [6, 6.07) is 19.2. The van der Waals surface area contributed by atoms with Gasteiger partial charge in [0.25, 0.3) is 0 Å². The van der Waals surface area contributed by atoms with Crippen LogP contribution in [0, 0.1) is 5.41 Å². The summed E-state index contributed by atoms with van der Waals surface area (Å²) < 4.78 is 12.8. The van der Waals surface area contributed by atoms with Crippen LogP contribution in [0.2, 0.25) is 0 Å². The van der Waals surface area contributed by atoms with E-state index in [0.717, 1.165) is 36.8 Å². The van der Waals surface area contributed by atoms with Gasteiger partial charge in [-0.15, -0.1) is 0 Å². The fourth-order valence-corrected chi connectivity index (χ4v) is 4.84. The molecule has 1 heterocycles. The molecule has 0 spiro atoms. The minimum Gasteiger partial charge on any atom is -0.483 e. The maximum Gasteiger partial charge on any atom is 0.343 e. The van der Waals surface area contributed by atoms with Gasteiger partial charge in [-0.2, -0.15) is 0 Å². The molecule has 1 fully saturated rings. The molecule has 1 atom stereocenters. The third-order valence-corrected chi connectivity index (χ3v) is 6.57. The maximum absolute atomic E-state index is 13.0. The van der Waals surface area contributed by atoms with Gasteiger partial charge in [-0.25, -0.2) is 4.79 Å². The number of nitrogens with zero attached hydrogens (tertiary/aromatic N) is 1. The lowest BCUT2D eigenvalue weighted by molar-refractivity contribution is 0.0131. The van der Waals surface area contributed by atoms with Gasteiger partial charge < -0.3 is 19.1 Å². The molecule has 3 aromatic rings. The molecule has 178 valence electrons. The lowest BCUT2D eigenvalue weighted by atomic mass is 9.77. The summed E-state index contributed by atoms with van der Waals surface area (Å²) in [5.74, 6) is -0.577. The first-order valence-corrected chi connectivity index (χ1v) is 11.8. The van der Waals surface area contributed by atoms with E-state index in [2.05, 4.69) is 0 Å². The highest BCUT2D eigenvalue weighted by Gasteiger charge is 2.41. The topological polar surface area (TPSA) is 77.8 Å². The highest BCUT2D eigenvalue weighted by molar-refractivity contribution is 5.89. The molecule has 6 nitrogen and oxygen atoms in total. The van der Waals surface area contributed by atoms with Gasteiger partial charge in [0.05, 0.1) is 18.9 Å². The minimum absolute atomic E-state index is 0.0604. The van der Waals surface area contributed by atoms with Crippen LogP contribution in [0.1, 0.15) is 60.2 Å². The van der Waals surface area contributed by atoms with E-state index in [-0.39, 0.29) is 24.5 Å². The van der Waals surface area contributed by atoms with Crippen molar-refractivity contribution < 1.29 is 19.4 Å². The molecule has 1 unspecified atom stereocenters. The molecule has 1 saturated carbocycles. The van der Waals surface area contributed by atoms with Gasteiger partial charge in [0, 0.05) is 18.2 Å². The quantitative estimate of drug-likeness (QED) is 0.459. The van der Waals surface area contributed by atoms with Crippen LogP contribution in [0.15, 0.2) is 77.9 Å². The number of hydrogen-bond donors (Lipinski definition) is 1. The van der Waals surface area contributed by atoms with Crippen LogP contribution in [0.4, 0.5) is 0 Å². The normalized spacial score (nSPS) is 15.6. The zero-order chi connectivity index (χ0) is 24.0. The van der Waals surface area contributed by atoms with Crippen LogP contribution in [0.25, 0.3) is 0 Å². The Hall–Kier alpha value is -3.38. The van der Waals surface area contributed by atoms with Gasteiger partial charge in [-0.05, 0) is 30.9 Å². The van der Waals surface area contributed by atoms with Crippen LogP contribution >= 0.6 is 0 Å². The molecule has 0 amide bonds. The van der Waals surface area contributed by atoms with Gasteiger partial charge in [0.15, 0.2) is 5.75 Å². The van der Waals surface area contributed by atoms with Crippen molar-refractivity contribution in [3.63, 3.8) is 0 Å². The first kappa shape index (κ1) is 23.8. The number of aromatic nitrogens is 1. The van der Waals surface area contributed by atoms with Crippen LogP contribution in [-0.4, -0.2) is 22.2 Å². The predicted octanol–water partition coefficient (Wildman–Crippen LogP) is 4.90. The van der Waals surface area contributed by atoms with Gasteiger partial charge >= 0.3 is 5.97 Å². The predicted molar refractivity (Wildman–Crippen MR) is 130 cm³/mol. The second-order valence-corrected chi connectivity index (χ2v) is 8.92. The van der Waals surface area contributed by atoms with E-state index in [1.807, 2.05) is 65.2 Å². The van der Waals surface area contributed by atoms with Crippen molar-refractivity contribution in [3.8, 4) is 5.75 Å². The standard InChI is InChI=1S/C28H31NO5/c1-2-33-27(32)23-17-29(18-24(25(23)30)34-19-21-11-5-3-6-12-21)20-28(15-9-10-16-28)26(31)22-13-7-4-8-14-22/h3-8,11-14,17-18,26,31H,2,9-10,15-16,19-20H2,1H3. The fourth-order valence-electron chi connectivity index (χ4n) is 4.84. The van der Waals surface area contributed by atoms with E-state index in [0.29, 0.717) is 6.54 Å². The number of hydrogen-bond acceptors (Lipinski definition) is 5. The molecular weight excluding hydrogens is 430 g/mol. The number of carbonyl (C=O) groups excluding carboxylic acids is 1. The van der Waals surface area contributed by atoms with Crippen LogP contribution < -0.4 is 10.2 Å². The second kappa shape index (κ2) is 10.7. The molecular formula is C28H31NO5. The lowest BCUT2D eigenvalue weighted by Gasteiger charge is -2.35. The highest BCUT2D eigenvalue weighted by Crippen LogP contribution is 2.49. The van der Waals surface area contributed by atoms with Crippen molar-refractivity contribution >= 4 is 5.97 Å². The van der Waals surface area contributed by atoms with Gasteiger partial charge in [0.1, 0.15) is 12.2 Å². The summed E-state index contributed by atoms with van der Waals surface area (Å²) >= 11 is 0. The van der Waals surface area contributed by atoms with Crippen molar-refractivity contribution in [2.75, 3.05) is 6.61 Å². The van der Waals surface area contributed by atoms with Gasteiger partial charge in [-0.1, -0.05) is 73.5 Å². The van der Waals surface area contributed by atoms with Gasteiger partial charge in [0.2, 0.25) is 5.43 Å². The number of pyridine rings is 1. The number of rotatable bonds is 9. The third kappa shape index (κ3) is 5.23. The van der Waals surface area contributed by atoms with Crippen molar-refractivity contribution in [3.05, 3.63) is 100.0 Å². The van der Waals surface area contributed by atoms with Crippen molar-refractivity contribution in [1.82, 2.24) is 4.57 Å². The Balaban J connectivity index is 1.68. The molecule has 0 saturated heterocycles. The molecule has 6 heteroatoms. The molecule has 1 N–H and O–H groups in total. The smallest absolute Gasteiger partial charge is 0.343 e. The molecule has 0 radical (unpaired) electrons. The number of carbonyl (C=O) groups is 1. The molecule has 4 rings (SSSR count). The molecule has 34 heavy (non-hydrogen) atoms. The van der Waals surface area contributed by atoms with E-state index in [4.69, 9.17) is 9.47 Å². The maximum atomic E-state index is 13.0. The number of benzene rings is 2. The average molecular weight is 462 g/mol. The molecule has 1 aliphatic carbocycles. The Labute approximate surface area is 199 Å². The van der Waals surface area contributed by atoms with Crippen molar-refractivity contribution in [2.45, 2.75) is 51.9 Å². The SMILES string of the molecule is CCOC(=O)c1cn(CC2(C(O)c3ccccc3)CCCC2)cc(OCc2ccccc2)c1=O. The Kier molecular flexibility index (Phi) is 7.48. The third-order valence-electron chi connectivity index (χ3n) is 6.57. The van der Waals surface area contributed by atoms with Crippen LogP contribution in [-0.2, 0) is 17.9 Å². The summed E-state index contributed by atoms with van der Waals surface area (Å²) in [5.41, 5.74) is 0.835. The molecule has 1 aliphatic rings. The van der Waals surface area contributed by atoms with E-state index in [1.165, 1.54) is 6.20 Å². The summed E-state index contributed by atoms with van der Waals surface area (Å²) in [6.07, 6.45) is 6.27. The number of esters is 1. The van der Waals surface area contributed by atoms with Gasteiger partial charge in [-0.3, -0.25) is 4.79 Å². The second-order valence-electron chi connectivity index (χ2n) is 8.92. The Morgan fingerprint density at radius 1 is 1.03 bits per heavy atom. The molecule has 1 aromatic heterocycles. The zero-order valence-corrected chi connectivity index (χ0v) is 19.5. The Morgan fingerprint density at radius 2 is 1.68 bits per heavy atom. The number of aliphatic hydroxyl groups excluding tert-OH is 1. The zero-order valence-electron chi connectivity index (χ0n) is 19.5. The summed E-state index contributed by atoms with van der Waals surface area (Å²) in [7, 11) is 0. The fraction of sp³-hybridized carbons (Fsp3) is 0.357. The molecule has 0 bridgehead atoms. The van der Waals surface area contributed by atoms with Crippen molar-refractivity contribution in [2.24, 2.45) is 5.41 Å². The monoisotopic (exact) mass is 461 g/mol. The van der Waals surface area contributed by atoms with E-state index in [9.17, 15) is 14.7 Å². The highest BCUT2D eigenvalue weighted by atomic mass is 16.5. The number of ether oxygens (including phenoxy) is 2. The van der Waals surface area contributed by atoms with E-state index in [1.54, 1.807) is 13.1 Å². The molecule has 2 aromatic carbocycles. The largest absolute Gasteiger partial charge is 0.483 e. The van der Waals surface area contributed by atoms with Crippen LogP contribution in [0.3, 0.4) is 0 Å².